The van der Waals surface area contributed by atoms with E-state index in [4.69, 9.17) is 4.74 Å². The zero-order valence-corrected chi connectivity index (χ0v) is 10.2. The van der Waals surface area contributed by atoms with Crippen molar-refractivity contribution in [3.05, 3.63) is 30.6 Å². The van der Waals surface area contributed by atoms with Crippen molar-refractivity contribution >= 4 is 17.5 Å². The van der Waals surface area contributed by atoms with Crippen LogP contribution in [-0.2, 0) is 16.1 Å². The van der Waals surface area contributed by atoms with Crippen LogP contribution in [0.5, 0.6) is 0 Å². The van der Waals surface area contributed by atoms with E-state index in [1.165, 1.54) is 11.5 Å². The van der Waals surface area contributed by atoms with Gasteiger partial charge in [-0.1, -0.05) is 10.7 Å². The summed E-state index contributed by atoms with van der Waals surface area (Å²) in [4.78, 5) is 16.4. The first-order valence-corrected chi connectivity index (χ1v) is 6.00. The quantitative estimate of drug-likeness (QED) is 0.601. The largest absolute Gasteiger partial charge is 0.461 e. The van der Waals surface area contributed by atoms with Crippen LogP contribution in [-0.4, -0.2) is 22.0 Å². The molecule has 0 bridgehead atoms. The van der Waals surface area contributed by atoms with E-state index in [0.717, 1.165) is 10.6 Å². The van der Waals surface area contributed by atoms with Gasteiger partial charge in [-0.15, -0.1) is 0 Å². The zero-order chi connectivity index (χ0) is 12.1. The summed E-state index contributed by atoms with van der Waals surface area (Å²) in [7, 11) is 0. The van der Waals surface area contributed by atoms with E-state index in [1.807, 2.05) is 18.2 Å². The number of hydrogen-bond donors (Lipinski definition) is 0. The number of nitrogens with zero attached hydrogens (tertiary/aromatic N) is 3. The summed E-state index contributed by atoms with van der Waals surface area (Å²) in [5.74, 6) is -0.282. The number of aromatic nitrogens is 3. The van der Waals surface area contributed by atoms with Crippen molar-refractivity contribution in [3.63, 3.8) is 0 Å². The minimum Gasteiger partial charge on any atom is -0.461 e. The van der Waals surface area contributed by atoms with Crippen molar-refractivity contribution < 1.29 is 14.2 Å². The molecular weight excluding hydrogens is 238 g/mol. The second-order valence-electron chi connectivity index (χ2n) is 3.28. The molecule has 0 amide bonds. The summed E-state index contributed by atoms with van der Waals surface area (Å²) >= 11 is 1.31. The van der Waals surface area contributed by atoms with Crippen LogP contribution in [0.4, 0.5) is 0 Å². The molecule has 0 atom stereocenters. The monoisotopic (exact) mass is 250 g/mol. The van der Waals surface area contributed by atoms with Gasteiger partial charge in [-0.3, -0.25) is 4.98 Å². The summed E-state index contributed by atoms with van der Waals surface area (Å²) in [5, 5.41) is 0. The third-order valence-electron chi connectivity index (χ3n) is 2.02. The third-order valence-corrected chi connectivity index (χ3v) is 2.83. The standard InChI is InChI=1S/C11H12N3O2S/c1-2-16-11(15)8-14-7-10(17-13-14)9-5-3-4-6-12-9/h3-7H,2,8H2,1H3/q+1. The van der Waals surface area contributed by atoms with E-state index in [-0.39, 0.29) is 12.5 Å². The molecular formula is C11H12N3O2S+. The van der Waals surface area contributed by atoms with Gasteiger partial charge in [-0.2, -0.15) is 0 Å². The van der Waals surface area contributed by atoms with Crippen LogP contribution < -0.4 is 4.68 Å². The van der Waals surface area contributed by atoms with E-state index in [0.29, 0.717) is 6.61 Å². The second-order valence-corrected chi connectivity index (χ2v) is 4.07. The number of hydrogen-bond acceptors (Lipinski definition) is 5. The minimum atomic E-state index is -0.282. The molecule has 0 fully saturated rings. The van der Waals surface area contributed by atoms with Gasteiger partial charge in [0, 0.05) is 17.7 Å². The molecule has 0 N–H and O–H groups in total. The first-order chi connectivity index (χ1) is 8.29. The van der Waals surface area contributed by atoms with Crippen LogP contribution in [0.25, 0.3) is 10.6 Å². The van der Waals surface area contributed by atoms with Gasteiger partial charge in [0.15, 0.2) is 0 Å². The molecule has 0 unspecified atom stereocenters. The third kappa shape index (κ3) is 3.07. The normalized spacial score (nSPS) is 10.2. The van der Waals surface area contributed by atoms with Gasteiger partial charge in [0.2, 0.25) is 6.20 Å². The lowest BCUT2D eigenvalue weighted by atomic mass is 10.3. The molecule has 0 spiro atoms. The summed E-state index contributed by atoms with van der Waals surface area (Å²) in [6.45, 7) is 2.30. The first kappa shape index (κ1) is 11.7. The Balaban J connectivity index is 2.09. The van der Waals surface area contributed by atoms with Crippen molar-refractivity contribution in [1.82, 2.24) is 9.47 Å². The molecule has 0 saturated carbocycles. The Kier molecular flexibility index (Phi) is 3.77. The molecule has 2 aromatic heterocycles. The predicted octanol–water partition coefficient (Wildman–Crippen LogP) is 1.06. The first-order valence-electron chi connectivity index (χ1n) is 5.23. The Morgan fingerprint density at radius 2 is 2.41 bits per heavy atom. The van der Waals surface area contributed by atoms with E-state index in [1.54, 1.807) is 24.0 Å². The van der Waals surface area contributed by atoms with Crippen molar-refractivity contribution in [3.8, 4) is 10.6 Å². The van der Waals surface area contributed by atoms with Crippen LogP contribution in [0.15, 0.2) is 30.6 Å². The van der Waals surface area contributed by atoms with Gasteiger partial charge in [-0.25, -0.2) is 4.79 Å². The minimum absolute atomic E-state index is 0.136. The summed E-state index contributed by atoms with van der Waals surface area (Å²) in [6.07, 6.45) is 3.52. The van der Waals surface area contributed by atoms with E-state index in [9.17, 15) is 4.79 Å². The lowest BCUT2D eigenvalue weighted by Gasteiger charge is -1.93. The fraction of sp³-hybridized carbons (Fsp3) is 0.273. The smallest absolute Gasteiger partial charge is 0.375 e. The molecule has 88 valence electrons. The molecule has 0 aliphatic rings. The van der Waals surface area contributed by atoms with Gasteiger partial charge in [0.05, 0.1) is 16.8 Å². The Labute approximate surface area is 103 Å². The van der Waals surface area contributed by atoms with Crippen molar-refractivity contribution in [1.29, 1.82) is 0 Å². The van der Waals surface area contributed by atoms with Crippen LogP contribution in [0.3, 0.4) is 0 Å². The topological polar surface area (TPSA) is 56.0 Å². The average Bonchev–Trinajstić information content (AvgIpc) is 2.79. The van der Waals surface area contributed by atoms with Crippen molar-refractivity contribution in [2.75, 3.05) is 6.61 Å². The van der Waals surface area contributed by atoms with Gasteiger partial charge in [0.1, 0.15) is 4.88 Å². The predicted molar refractivity (Wildman–Crippen MR) is 62.2 cm³/mol. The molecule has 5 nitrogen and oxygen atoms in total. The number of rotatable bonds is 4. The number of carbonyl (C=O) groups excluding carboxylic acids is 1. The SMILES string of the molecule is CCOC(=O)C[n+]1cc(-c2ccccn2)sn1. The summed E-state index contributed by atoms with van der Waals surface area (Å²) in [6, 6.07) is 5.68. The van der Waals surface area contributed by atoms with Gasteiger partial charge >= 0.3 is 5.97 Å². The maximum Gasteiger partial charge on any atom is 0.375 e. The Morgan fingerprint density at radius 1 is 1.53 bits per heavy atom. The van der Waals surface area contributed by atoms with Crippen molar-refractivity contribution in [2.24, 2.45) is 0 Å². The second kappa shape index (κ2) is 5.49. The highest BCUT2D eigenvalue weighted by atomic mass is 32.1. The lowest BCUT2D eigenvalue weighted by Crippen LogP contribution is -2.39. The average molecular weight is 250 g/mol. The number of ether oxygens (including phenoxy) is 1. The molecule has 2 heterocycles. The van der Waals surface area contributed by atoms with Crippen LogP contribution in [0.1, 0.15) is 6.92 Å². The molecule has 2 rings (SSSR count). The van der Waals surface area contributed by atoms with Crippen LogP contribution in [0.2, 0.25) is 0 Å². The van der Waals surface area contributed by atoms with Gasteiger partial charge < -0.3 is 4.74 Å². The molecule has 0 saturated heterocycles. The fourth-order valence-corrected chi connectivity index (χ4v) is 1.99. The molecule has 17 heavy (non-hydrogen) atoms. The summed E-state index contributed by atoms with van der Waals surface area (Å²) in [5.41, 5.74) is 0.854. The molecule has 0 aliphatic heterocycles. The Bertz CT molecular complexity index is 498. The van der Waals surface area contributed by atoms with Crippen LogP contribution >= 0.6 is 11.5 Å². The lowest BCUT2D eigenvalue weighted by molar-refractivity contribution is -0.735. The molecule has 6 heteroatoms. The maximum atomic E-state index is 11.3. The molecule has 2 aromatic rings. The van der Waals surface area contributed by atoms with E-state index >= 15 is 0 Å². The Hall–Kier alpha value is -1.82. The molecule has 0 aromatic carbocycles. The highest BCUT2D eigenvalue weighted by molar-refractivity contribution is 7.09. The molecule has 0 radical (unpaired) electrons. The Morgan fingerprint density at radius 3 is 3.12 bits per heavy atom. The molecule has 0 aliphatic carbocycles. The van der Waals surface area contributed by atoms with Crippen LogP contribution in [0, 0.1) is 0 Å². The maximum absolute atomic E-state index is 11.3. The zero-order valence-electron chi connectivity index (χ0n) is 9.37. The van der Waals surface area contributed by atoms with Crippen molar-refractivity contribution in [2.45, 2.75) is 13.5 Å². The summed E-state index contributed by atoms with van der Waals surface area (Å²) < 4.78 is 10.5. The highest BCUT2D eigenvalue weighted by Crippen LogP contribution is 2.17. The number of carbonyl (C=O) groups is 1. The van der Waals surface area contributed by atoms with E-state index in [2.05, 4.69) is 9.47 Å². The number of pyridine rings is 1. The van der Waals surface area contributed by atoms with Gasteiger partial charge in [0.25, 0.3) is 6.54 Å². The fourth-order valence-electron chi connectivity index (χ4n) is 1.31. The number of esters is 1. The highest BCUT2D eigenvalue weighted by Gasteiger charge is 2.16. The van der Waals surface area contributed by atoms with Gasteiger partial charge in [-0.05, 0) is 19.1 Å². The van der Waals surface area contributed by atoms with E-state index < -0.39 is 0 Å².